The molecule has 32 heavy (non-hydrogen) atoms. The zero-order valence-electron chi connectivity index (χ0n) is 18.0. The van der Waals surface area contributed by atoms with E-state index in [1.165, 1.54) is 23.2 Å². The monoisotopic (exact) mass is 446 g/mol. The van der Waals surface area contributed by atoms with E-state index in [1.54, 1.807) is 17.0 Å². The van der Waals surface area contributed by atoms with Crippen LogP contribution in [0.1, 0.15) is 34.4 Å². The standard InChI is InChI=1S/C24H22N4O3S/c1-16-22(17(2)28(26-16)21-12-8-5-9-13-21)23(30)31-14-19-15-32-24(25-19)27(18(3)29)20-10-6-4-7-11-20/h4-13,15H,14H2,1-3H3. The summed E-state index contributed by atoms with van der Waals surface area (Å²) >= 11 is 1.32. The van der Waals surface area contributed by atoms with Crippen LogP contribution in [0, 0.1) is 13.8 Å². The molecule has 0 aliphatic carbocycles. The summed E-state index contributed by atoms with van der Waals surface area (Å²) in [6.07, 6.45) is 0. The van der Waals surface area contributed by atoms with Crippen molar-refractivity contribution in [1.29, 1.82) is 0 Å². The first kappa shape index (κ1) is 21.5. The fourth-order valence-electron chi connectivity index (χ4n) is 3.44. The van der Waals surface area contributed by atoms with Gasteiger partial charge in [-0.25, -0.2) is 14.5 Å². The zero-order chi connectivity index (χ0) is 22.7. The summed E-state index contributed by atoms with van der Waals surface area (Å²) in [4.78, 5) is 31.0. The molecular formula is C24H22N4O3S. The highest BCUT2D eigenvalue weighted by Crippen LogP contribution is 2.29. The minimum atomic E-state index is -0.455. The largest absolute Gasteiger partial charge is 0.455 e. The van der Waals surface area contributed by atoms with Gasteiger partial charge in [0, 0.05) is 12.3 Å². The number of benzene rings is 2. The van der Waals surface area contributed by atoms with Gasteiger partial charge in [-0.3, -0.25) is 9.69 Å². The second-order valence-electron chi connectivity index (χ2n) is 7.18. The lowest BCUT2D eigenvalue weighted by Crippen LogP contribution is -2.22. The van der Waals surface area contributed by atoms with Crippen molar-refractivity contribution in [1.82, 2.24) is 14.8 Å². The number of carbonyl (C=O) groups excluding carboxylic acids is 2. The first-order chi connectivity index (χ1) is 15.5. The molecular weight excluding hydrogens is 424 g/mol. The van der Waals surface area contributed by atoms with Gasteiger partial charge in [0.2, 0.25) is 5.91 Å². The lowest BCUT2D eigenvalue weighted by atomic mass is 10.2. The number of ether oxygens (including phenoxy) is 1. The SMILES string of the molecule is CC(=O)N(c1ccccc1)c1nc(COC(=O)c2c(C)nn(-c3ccccc3)c2C)cs1. The van der Waals surface area contributed by atoms with Crippen LogP contribution < -0.4 is 4.90 Å². The number of anilines is 2. The van der Waals surface area contributed by atoms with Gasteiger partial charge in [0.25, 0.3) is 0 Å². The van der Waals surface area contributed by atoms with Gasteiger partial charge in [-0.05, 0) is 38.1 Å². The predicted molar refractivity (Wildman–Crippen MR) is 124 cm³/mol. The number of esters is 1. The van der Waals surface area contributed by atoms with Crippen molar-refractivity contribution in [3.8, 4) is 5.69 Å². The molecule has 0 aliphatic rings. The molecule has 0 bridgehead atoms. The van der Waals surface area contributed by atoms with E-state index in [1.807, 2.05) is 67.6 Å². The Labute approximate surface area is 189 Å². The highest BCUT2D eigenvalue weighted by atomic mass is 32.1. The zero-order valence-corrected chi connectivity index (χ0v) is 18.8. The molecule has 8 heteroatoms. The maximum Gasteiger partial charge on any atom is 0.342 e. The van der Waals surface area contributed by atoms with E-state index in [9.17, 15) is 9.59 Å². The Bertz CT molecular complexity index is 1250. The van der Waals surface area contributed by atoms with E-state index in [4.69, 9.17) is 4.74 Å². The van der Waals surface area contributed by atoms with Crippen molar-refractivity contribution in [2.75, 3.05) is 4.90 Å². The summed E-state index contributed by atoms with van der Waals surface area (Å²) in [5.41, 5.74) is 3.94. The van der Waals surface area contributed by atoms with Crippen LogP contribution in [0.4, 0.5) is 10.8 Å². The van der Waals surface area contributed by atoms with Crippen LogP contribution in [0.2, 0.25) is 0 Å². The number of thiazole rings is 1. The second-order valence-corrected chi connectivity index (χ2v) is 8.02. The van der Waals surface area contributed by atoms with Crippen LogP contribution in [0.3, 0.4) is 0 Å². The molecule has 1 amide bonds. The molecule has 0 aliphatic heterocycles. The molecule has 0 spiro atoms. The Morgan fingerprint density at radius 3 is 2.34 bits per heavy atom. The lowest BCUT2D eigenvalue weighted by Gasteiger charge is -2.17. The molecule has 0 radical (unpaired) electrons. The topological polar surface area (TPSA) is 77.3 Å². The highest BCUT2D eigenvalue weighted by molar-refractivity contribution is 7.14. The molecule has 0 atom stereocenters. The average molecular weight is 447 g/mol. The van der Waals surface area contributed by atoms with E-state index in [0.29, 0.717) is 27.8 Å². The van der Waals surface area contributed by atoms with Gasteiger partial charge < -0.3 is 4.74 Å². The molecule has 0 saturated heterocycles. The fourth-order valence-corrected chi connectivity index (χ4v) is 4.31. The number of carbonyl (C=O) groups is 2. The van der Waals surface area contributed by atoms with Crippen molar-refractivity contribution < 1.29 is 14.3 Å². The summed E-state index contributed by atoms with van der Waals surface area (Å²) in [7, 11) is 0. The number of rotatable bonds is 6. The molecule has 4 aromatic rings. The van der Waals surface area contributed by atoms with Gasteiger partial charge in [-0.15, -0.1) is 11.3 Å². The Morgan fingerprint density at radius 1 is 1.03 bits per heavy atom. The summed E-state index contributed by atoms with van der Waals surface area (Å²) in [5.74, 6) is -0.600. The van der Waals surface area contributed by atoms with Gasteiger partial charge in [0.1, 0.15) is 12.2 Å². The number of aryl methyl sites for hydroxylation is 1. The predicted octanol–water partition coefficient (Wildman–Crippen LogP) is 4.99. The summed E-state index contributed by atoms with van der Waals surface area (Å²) in [6.45, 7) is 5.12. The van der Waals surface area contributed by atoms with Gasteiger partial charge in [-0.2, -0.15) is 5.10 Å². The average Bonchev–Trinajstić information content (AvgIpc) is 3.37. The van der Waals surface area contributed by atoms with Gasteiger partial charge >= 0.3 is 5.97 Å². The van der Waals surface area contributed by atoms with E-state index >= 15 is 0 Å². The lowest BCUT2D eigenvalue weighted by molar-refractivity contribution is -0.115. The molecule has 2 aromatic carbocycles. The fraction of sp³-hybridized carbons (Fsp3) is 0.167. The molecule has 0 N–H and O–H groups in total. The van der Waals surface area contributed by atoms with Crippen molar-refractivity contribution in [2.24, 2.45) is 0 Å². The smallest absolute Gasteiger partial charge is 0.342 e. The first-order valence-corrected chi connectivity index (χ1v) is 10.9. The van der Waals surface area contributed by atoms with Crippen molar-refractivity contribution in [3.63, 3.8) is 0 Å². The molecule has 0 unspecified atom stereocenters. The van der Waals surface area contributed by atoms with E-state index < -0.39 is 5.97 Å². The number of nitrogens with zero attached hydrogens (tertiary/aromatic N) is 4. The third-order valence-electron chi connectivity index (χ3n) is 4.91. The highest BCUT2D eigenvalue weighted by Gasteiger charge is 2.22. The van der Waals surface area contributed by atoms with Crippen molar-refractivity contribution in [2.45, 2.75) is 27.4 Å². The maximum absolute atomic E-state index is 12.8. The van der Waals surface area contributed by atoms with Crippen LogP contribution in [0.25, 0.3) is 5.69 Å². The van der Waals surface area contributed by atoms with Crippen LogP contribution in [-0.2, 0) is 16.1 Å². The number of aromatic nitrogens is 3. The van der Waals surface area contributed by atoms with Crippen LogP contribution >= 0.6 is 11.3 Å². The number of amides is 1. The van der Waals surface area contributed by atoms with E-state index in [0.717, 1.165) is 11.4 Å². The first-order valence-electron chi connectivity index (χ1n) is 10.0. The maximum atomic E-state index is 12.8. The third-order valence-corrected chi connectivity index (χ3v) is 5.78. The van der Waals surface area contributed by atoms with Gasteiger partial charge in [0.05, 0.1) is 28.5 Å². The Morgan fingerprint density at radius 2 is 1.69 bits per heavy atom. The minimum absolute atomic E-state index is 0.00522. The molecule has 0 saturated carbocycles. The Balaban J connectivity index is 1.50. The van der Waals surface area contributed by atoms with Crippen LogP contribution in [0.5, 0.6) is 0 Å². The number of para-hydroxylation sites is 2. The number of hydrogen-bond acceptors (Lipinski definition) is 6. The molecule has 4 rings (SSSR count). The molecule has 2 aromatic heterocycles. The summed E-state index contributed by atoms with van der Waals surface area (Å²) < 4.78 is 7.27. The molecule has 2 heterocycles. The van der Waals surface area contributed by atoms with Crippen LogP contribution in [0.15, 0.2) is 66.0 Å². The molecule has 162 valence electrons. The van der Waals surface area contributed by atoms with Crippen LogP contribution in [-0.4, -0.2) is 26.6 Å². The second kappa shape index (κ2) is 9.15. The Kier molecular flexibility index (Phi) is 6.13. The third kappa shape index (κ3) is 4.31. The van der Waals surface area contributed by atoms with E-state index in [-0.39, 0.29) is 12.5 Å². The van der Waals surface area contributed by atoms with Gasteiger partial charge in [-0.1, -0.05) is 36.4 Å². The number of hydrogen-bond donors (Lipinski definition) is 0. The quantitative estimate of drug-likeness (QED) is 0.390. The summed E-state index contributed by atoms with van der Waals surface area (Å²) in [5, 5.41) is 6.81. The molecule has 7 nitrogen and oxygen atoms in total. The minimum Gasteiger partial charge on any atom is -0.455 e. The summed E-state index contributed by atoms with van der Waals surface area (Å²) in [6, 6.07) is 18.9. The van der Waals surface area contributed by atoms with Crippen molar-refractivity contribution in [3.05, 3.63) is 88.7 Å². The Hall–Kier alpha value is -3.78. The normalized spacial score (nSPS) is 10.7. The van der Waals surface area contributed by atoms with Gasteiger partial charge in [0.15, 0.2) is 5.13 Å². The van der Waals surface area contributed by atoms with Crippen molar-refractivity contribution >= 4 is 34.0 Å². The molecule has 0 fully saturated rings. The van der Waals surface area contributed by atoms with E-state index in [2.05, 4.69) is 10.1 Å².